The maximum absolute atomic E-state index is 12.1. The molecule has 0 spiro atoms. The van der Waals surface area contributed by atoms with Crippen LogP contribution in [0.3, 0.4) is 0 Å². The molecule has 0 atom stereocenters. The number of allylic oxidation sites excluding steroid dienone is 1. The van der Waals surface area contributed by atoms with Crippen molar-refractivity contribution < 1.29 is 4.79 Å². The van der Waals surface area contributed by atoms with Crippen molar-refractivity contribution in [2.45, 2.75) is 72.1 Å². The summed E-state index contributed by atoms with van der Waals surface area (Å²) in [5, 5.41) is 0. The summed E-state index contributed by atoms with van der Waals surface area (Å²) in [4.78, 5) is 14.2. The lowest BCUT2D eigenvalue weighted by Crippen LogP contribution is -2.27. The first-order chi connectivity index (χ1) is 8.24. The Balaban J connectivity index is 2.68. The maximum Gasteiger partial charge on any atom is 0.226 e. The molecule has 0 N–H and O–H groups in total. The van der Waals surface area contributed by atoms with Gasteiger partial charge in [-0.25, -0.2) is 0 Å². The van der Waals surface area contributed by atoms with Gasteiger partial charge in [0, 0.05) is 18.7 Å². The van der Waals surface area contributed by atoms with Crippen LogP contribution in [-0.4, -0.2) is 17.4 Å². The van der Waals surface area contributed by atoms with E-state index in [1.165, 1.54) is 18.5 Å². The quantitative estimate of drug-likeness (QED) is 0.647. The molecule has 1 amide bonds. The number of amides is 1. The molecule has 0 radical (unpaired) electrons. The summed E-state index contributed by atoms with van der Waals surface area (Å²) < 4.78 is 0. The molecule has 0 aromatic heterocycles. The van der Waals surface area contributed by atoms with Crippen LogP contribution in [-0.2, 0) is 4.79 Å². The Morgan fingerprint density at radius 3 is 2.41 bits per heavy atom. The van der Waals surface area contributed by atoms with Crippen LogP contribution in [0, 0.1) is 0 Å². The third-order valence-electron chi connectivity index (χ3n) is 3.45. The highest BCUT2D eigenvalue weighted by Crippen LogP contribution is 2.30. The van der Waals surface area contributed by atoms with Gasteiger partial charge in [0.2, 0.25) is 5.91 Å². The fourth-order valence-corrected chi connectivity index (χ4v) is 2.57. The molecular weight excluding hydrogens is 210 g/mol. The van der Waals surface area contributed by atoms with Crippen molar-refractivity contribution in [1.29, 1.82) is 0 Å². The summed E-state index contributed by atoms with van der Waals surface area (Å²) in [6, 6.07) is 0. The van der Waals surface area contributed by atoms with Crippen LogP contribution >= 0.6 is 0 Å². The summed E-state index contributed by atoms with van der Waals surface area (Å²) >= 11 is 0. The molecule has 0 unspecified atom stereocenters. The Kier molecular flexibility index (Phi) is 6.31. The lowest BCUT2D eigenvalue weighted by molar-refractivity contribution is -0.129. The molecule has 1 aliphatic heterocycles. The largest absolute Gasteiger partial charge is 0.316 e. The third kappa shape index (κ3) is 3.86. The van der Waals surface area contributed by atoms with Gasteiger partial charge in [-0.05, 0) is 31.3 Å². The third-order valence-corrected chi connectivity index (χ3v) is 3.45. The topological polar surface area (TPSA) is 20.3 Å². The van der Waals surface area contributed by atoms with Gasteiger partial charge in [-0.15, -0.1) is 0 Å². The van der Waals surface area contributed by atoms with Crippen molar-refractivity contribution in [2.75, 3.05) is 6.54 Å². The molecule has 2 nitrogen and oxygen atoms in total. The Morgan fingerprint density at radius 1 is 1.12 bits per heavy atom. The van der Waals surface area contributed by atoms with Crippen LogP contribution < -0.4 is 0 Å². The monoisotopic (exact) mass is 237 g/mol. The zero-order valence-corrected chi connectivity index (χ0v) is 11.7. The van der Waals surface area contributed by atoms with Gasteiger partial charge in [-0.2, -0.15) is 0 Å². The predicted octanol–water partition coefficient (Wildman–Crippen LogP) is 4.26. The fourth-order valence-electron chi connectivity index (χ4n) is 2.57. The Hall–Kier alpha value is -0.790. The predicted molar refractivity (Wildman–Crippen MR) is 72.7 cm³/mol. The van der Waals surface area contributed by atoms with Crippen LogP contribution in [0.1, 0.15) is 72.1 Å². The van der Waals surface area contributed by atoms with E-state index in [0.29, 0.717) is 5.91 Å². The summed E-state index contributed by atoms with van der Waals surface area (Å²) in [6.07, 6.45) is 8.55. The minimum absolute atomic E-state index is 0.349. The van der Waals surface area contributed by atoms with Crippen molar-refractivity contribution in [2.24, 2.45) is 0 Å². The molecule has 98 valence electrons. The van der Waals surface area contributed by atoms with E-state index in [2.05, 4.69) is 25.7 Å². The van der Waals surface area contributed by atoms with E-state index in [-0.39, 0.29) is 0 Å². The van der Waals surface area contributed by atoms with Gasteiger partial charge >= 0.3 is 0 Å². The average molecular weight is 237 g/mol. The Bertz CT molecular complexity index is 281. The number of carbonyl (C=O) groups excluding carboxylic acids is 1. The van der Waals surface area contributed by atoms with Gasteiger partial charge < -0.3 is 4.90 Å². The van der Waals surface area contributed by atoms with Gasteiger partial charge in [-0.3, -0.25) is 4.79 Å². The van der Waals surface area contributed by atoms with Crippen LogP contribution in [0.5, 0.6) is 0 Å². The first kappa shape index (κ1) is 14.3. The Morgan fingerprint density at radius 2 is 1.82 bits per heavy atom. The van der Waals surface area contributed by atoms with Gasteiger partial charge in [0.1, 0.15) is 0 Å². The average Bonchev–Trinajstić information content (AvgIpc) is 2.71. The number of hydrogen-bond donors (Lipinski definition) is 0. The molecule has 0 aliphatic carbocycles. The van der Waals surface area contributed by atoms with Gasteiger partial charge in [-0.1, -0.05) is 40.0 Å². The summed E-state index contributed by atoms with van der Waals surface area (Å²) in [5.74, 6) is 0.349. The van der Waals surface area contributed by atoms with E-state index in [0.717, 1.165) is 45.1 Å². The second-order valence-corrected chi connectivity index (χ2v) is 4.95. The van der Waals surface area contributed by atoms with Crippen LogP contribution in [0.4, 0.5) is 0 Å². The molecule has 0 bridgehead atoms. The number of nitrogens with zero attached hydrogens (tertiary/aromatic N) is 1. The fraction of sp³-hybridized carbons (Fsp3) is 0.800. The molecule has 0 saturated carbocycles. The van der Waals surface area contributed by atoms with E-state index >= 15 is 0 Å². The molecule has 1 heterocycles. The summed E-state index contributed by atoms with van der Waals surface area (Å²) in [7, 11) is 0. The van der Waals surface area contributed by atoms with Crippen molar-refractivity contribution in [3.63, 3.8) is 0 Å². The molecule has 0 aromatic rings. The standard InChI is InChI=1S/C15H27NO/c1-4-7-10-15(17)16-12-11-13(8-5-2)14(16)9-6-3/h4-12H2,1-3H3. The van der Waals surface area contributed by atoms with Crippen molar-refractivity contribution >= 4 is 5.91 Å². The first-order valence-corrected chi connectivity index (χ1v) is 7.25. The molecule has 0 fully saturated rings. The van der Waals surface area contributed by atoms with Gasteiger partial charge in [0.25, 0.3) is 0 Å². The molecular formula is C15H27NO. The highest BCUT2D eigenvalue weighted by molar-refractivity contribution is 5.78. The molecule has 1 aliphatic rings. The normalized spacial score (nSPS) is 15.8. The Labute approximate surface area is 106 Å². The van der Waals surface area contributed by atoms with Crippen LogP contribution in [0.15, 0.2) is 11.3 Å². The second-order valence-electron chi connectivity index (χ2n) is 4.95. The highest BCUT2D eigenvalue weighted by Gasteiger charge is 2.25. The van der Waals surface area contributed by atoms with Crippen LogP contribution in [0.2, 0.25) is 0 Å². The van der Waals surface area contributed by atoms with Crippen molar-refractivity contribution in [1.82, 2.24) is 4.90 Å². The molecule has 2 heteroatoms. The number of carbonyl (C=O) groups is 1. The van der Waals surface area contributed by atoms with Gasteiger partial charge in [0.15, 0.2) is 0 Å². The minimum atomic E-state index is 0.349. The lowest BCUT2D eigenvalue weighted by Gasteiger charge is -2.20. The molecule has 0 aromatic carbocycles. The number of unbranched alkanes of at least 4 members (excludes halogenated alkanes) is 1. The highest BCUT2D eigenvalue weighted by atomic mass is 16.2. The maximum atomic E-state index is 12.1. The second kappa shape index (κ2) is 7.52. The molecule has 17 heavy (non-hydrogen) atoms. The first-order valence-electron chi connectivity index (χ1n) is 7.25. The summed E-state index contributed by atoms with van der Waals surface area (Å²) in [6.45, 7) is 7.50. The van der Waals surface area contributed by atoms with Crippen LogP contribution in [0.25, 0.3) is 0 Å². The number of rotatable bonds is 7. The van der Waals surface area contributed by atoms with Crippen molar-refractivity contribution in [3.05, 3.63) is 11.3 Å². The molecule has 0 saturated heterocycles. The van der Waals surface area contributed by atoms with E-state index in [4.69, 9.17) is 0 Å². The van der Waals surface area contributed by atoms with E-state index in [1.807, 2.05) is 0 Å². The number of hydrogen-bond acceptors (Lipinski definition) is 1. The minimum Gasteiger partial charge on any atom is -0.316 e. The summed E-state index contributed by atoms with van der Waals surface area (Å²) in [5.41, 5.74) is 2.90. The zero-order chi connectivity index (χ0) is 12.7. The lowest BCUT2D eigenvalue weighted by atomic mass is 10.1. The molecule has 1 rings (SSSR count). The smallest absolute Gasteiger partial charge is 0.226 e. The van der Waals surface area contributed by atoms with Gasteiger partial charge in [0.05, 0.1) is 0 Å². The van der Waals surface area contributed by atoms with E-state index in [1.54, 1.807) is 5.57 Å². The van der Waals surface area contributed by atoms with E-state index < -0.39 is 0 Å². The SMILES string of the molecule is CCCCC(=O)N1CCC(CCC)=C1CCC. The van der Waals surface area contributed by atoms with E-state index in [9.17, 15) is 4.79 Å². The zero-order valence-electron chi connectivity index (χ0n) is 11.7. The van der Waals surface area contributed by atoms with Crippen molar-refractivity contribution in [3.8, 4) is 0 Å².